The molecule has 0 saturated carbocycles. The number of carbonyl (C=O) groups excluding carboxylic acids is 2. The minimum absolute atomic E-state index is 0.00982. The van der Waals surface area contributed by atoms with Crippen molar-refractivity contribution in [3.8, 4) is 5.75 Å². The summed E-state index contributed by atoms with van der Waals surface area (Å²) in [5, 5.41) is 0. The number of carbonyl (C=O) groups is 2. The van der Waals surface area contributed by atoms with E-state index in [1.807, 2.05) is 0 Å². The Hall–Kier alpha value is -3.08. The molecule has 10 heteroatoms. The molecule has 0 unspecified atom stereocenters. The Morgan fingerprint density at radius 3 is 2.70 bits per heavy atom. The molecule has 4 rings (SSSR count). The van der Waals surface area contributed by atoms with Gasteiger partial charge in [-0.15, -0.1) is 11.3 Å². The molecule has 1 aromatic carbocycles. The average Bonchev–Trinajstić information content (AvgIpc) is 3.33. The van der Waals surface area contributed by atoms with E-state index in [1.165, 1.54) is 12.3 Å². The predicted molar refractivity (Wildman–Crippen MR) is 110 cm³/mol. The molecule has 1 N–H and O–H groups in total. The fourth-order valence-corrected chi connectivity index (χ4v) is 5.44. The van der Waals surface area contributed by atoms with Crippen molar-refractivity contribution in [3.05, 3.63) is 76.4 Å². The Morgan fingerprint density at radius 2 is 1.93 bits per heavy atom. The van der Waals surface area contributed by atoms with E-state index < -0.39 is 21.8 Å². The largest absolute Gasteiger partial charge is 0.497 e. The summed E-state index contributed by atoms with van der Waals surface area (Å²) in [6.45, 7) is 0.0982. The molecule has 0 spiro atoms. The molecule has 3 heterocycles. The number of thiophene rings is 1. The Morgan fingerprint density at radius 1 is 1.10 bits per heavy atom. The van der Waals surface area contributed by atoms with Gasteiger partial charge in [0.25, 0.3) is 11.8 Å². The van der Waals surface area contributed by atoms with Crippen molar-refractivity contribution in [2.75, 3.05) is 7.11 Å². The number of amides is 2. The Kier molecular flexibility index (Phi) is 5.37. The van der Waals surface area contributed by atoms with E-state index in [0.717, 1.165) is 21.8 Å². The third-order valence-electron chi connectivity index (χ3n) is 4.55. The fourth-order valence-electron chi connectivity index (χ4n) is 3.03. The highest BCUT2D eigenvalue weighted by Gasteiger charge is 2.36. The van der Waals surface area contributed by atoms with Crippen LogP contribution in [0.3, 0.4) is 0 Å². The summed E-state index contributed by atoms with van der Waals surface area (Å²) in [6.07, 6.45) is 1.46. The molecule has 3 aromatic rings. The number of fused-ring (bicyclic) bond motifs is 1. The summed E-state index contributed by atoms with van der Waals surface area (Å²) in [6, 6.07) is 13.3. The normalized spacial score (nSPS) is 13.6. The molecule has 2 aromatic heterocycles. The summed E-state index contributed by atoms with van der Waals surface area (Å²) >= 11 is 1.01. The van der Waals surface area contributed by atoms with Gasteiger partial charge in [0.15, 0.2) is 0 Å². The van der Waals surface area contributed by atoms with Crippen LogP contribution in [0.2, 0.25) is 0 Å². The van der Waals surface area contributed by atoms with E-state index in [2.05, 4.69) is 9.71 Å². The highest BCUT2D eigenvalue weighted by atomic mass is 32.2. The highest BCUT2D eigenvalue weighted by Crippen LogP contribution is 2.27. The number of hydrogen-bond donors (Lipinski definition) is 1. The molecule has 154 valence electrons. The summed E-state index contributed by atoms with van der Waals surface area (Å²) in [4.78, 5) is 30.5. The van der Waals surface area contributed by atoms with Crippen LogP contribution in [0.1, 0.15) is 31.3 Å². The first-order chi connectivity index (χ1) is 14.4. The second-order valence-electron chi connectivity index (χ2n) is 6.49. The highest BCUT2D eigenvalue weighted by molar-refractivity contribution is 7.91. The first-order valence-electron chi connectivity index (χ1n) is 8.91. The van der Waals surface area contributed by atoms with Crippen LogP contribution in [0.15, 0.2) is 58.9 Å². The van der Waals surface area contributed by atoms with Crippen LogP contribution in [0.4, 0.5) is 0 Å². The maximum Gasteiger partial charge on any atom is 0.280 e. The lowest BCUT2D eigenvalue weighted by Crippen LogP contribution is -2.28. The van der Waals surface area contributed by atoms with Gasteiger partial charge in [0.05, 0.1) is 19.2 Å². The van der Waals surface area contributed by atoms with Gasteiger partial charge in [0.1, 0.15) is 15.7 Å². The van der Waals surface area contributed by atoms with Crippen LogP contribution in [-0.4, -0.2) is 37.2 Å². The van der Waals surface area contributed by atoms with Gasteiger partial charge in [-0.05, 0) is 42.0 Å². The molecular formula is C20H17N3O5S2. The summed E-state index contributed by atoms with van der Waals surface area (Å²) in [5.74, 6) is -0.276. The van der Waals surface area contributed by atoms with Gasteiger partial charge in [-0.2, -0.15) is 0 Å². The number of pyridine rings is 1. The first kappa shape index (κ1) is 20.2. The third kappa shape index (κ3) is 3.84. The van der Waals surface area contributed by atoms with E-state index in [4.69, 9.17) is 4.74 Å². The smallest absolute Gasteiger partial charge is 0.280 e. The van der Waals surface area contributed by atoms with Gasteiger partial charge in [-0.1, -0.05) is 12.1 Å². The number of ether oxygens (including phenoxy) is 1. The minimum Gasteiger partial charge on any atom is -0.497 e. The Bertz CT molecular complexity index is 1200. The van der Waals surface area contributed by atoms with E-state index in [0.29, 0.717) is 10.6 Å². The monoisotopic (exact) mass is 443 g/mol. The molecule has 2 amide bonds. The number of sulfonamides is 1. The zero-order valence-electron chi connectivity index (χ0n) is 15.9. The molecular weight excluding hydrogens is 426 g/mol. The van der Waals surface area contributed by atoms with Crippen LogP contribution in [0.5, 0.6) is 5.75 Å². The number of hydrogen-bond acceptors (Lipinski definition) is 7. The van der Waals surface area contributed by atoms with Crippen LogP contribution < -0.4 is 9.46 Å². The van der Waals surface area contributed by atoms with Crippen molar-refractivity contribution in [2.45, 2.75) is 17.3 Å². The summed E-state index contributed by atoms with van der Waals surface area (Å²) in [5.41, 5.74) is 1.13. The minimum atomic E-state index is -3.74. The number of methoxy groups -OCH3 is 1. The standard InChI is InChI=1S/C20H17N3O5S2/c1-28-14-5-2-4-13(10-14)11-22-30(26,27)17-8-7-15(29-17)12-23-19(24)16-6-3-9-21-18(16)20(23)25/h2-10,22H,11-12H2,1H3. The topological polar surface area (TPSA) is 106 Å². The third-order valence-corrected chi connectivity index (χ3v) is 7.51. The van der Waals surface area contributed by atoms with Crippen LogP contribution in [0, 0.1) is 0 Å². The number of rotatable bonds is 7. The van der Waals surface area contributed by atoms with Gasteiger partial charge in [0.2, 0.25) is 10.0 Å². The maximum absolute atomic E-state index is 12.6. The molecule has 8 nitrogen and oxygen atoms in total. The van der Waals surface area contributed by atoms with Crippen molar-refractivity contribution in [1.82, 2.24) is 14.6 Å². The lowest BCUT2D eigenvalue weighted by molar-refractivity contribution is 0.0642. The summed E-state index contributed by atoms with van der Waals surface area (Å²) in [7, 11) is -2.20. The number of imide groups is 1. The Labute approximate surface area is 177 Å². The summed E-state index contributed by atoms with van der Waals surface area (Å²) < 4.78 is 33.1. The van der Waals surface area contributed by atoms with E-state index in [9.17, 15) is 18.0 Å². The van der Waals surface area contributed by atoms with Crippen LogP contribution in [0.25, 0.3) is 0 Å². The number of nitrogens with zero attached hydrogens (tertiary/aromatic N) is 2. The fraction of sp³-hybridized carbons (Fsp3) is 0.150. The van der Waals surface area contributed by atoms with Crippen LogP contribution in [-0.2, 0) is 23.1 Å². The van der Waals surface area contributed by atoms with Gasteiger partial charge < -0.3 is 4.74 Å². The predicted octanol–water partition coefficient (Wildman–Crippen LogP) is 2.43. The zero-order chi connectivity index (χ0) is 21.3. The molecule has 0 bridgehead atoms. The van der Waals surface area contributed by atoms with Crippen molar-refractivity contribution >= 4 is 33.2 Å². The molecule has 1 aliphatic rings. The van der Waals surface area contributed by atoms with E-state index >= 15 is 0 Å². The van der Waals surface area contributed by atoms with Crippen LogP contribution >= 0.6 is 11.3 Å². The molecule has 0 saturated heterocycles. The van der Waals surface area contributed by atoms with Crippen molar-refractivity contribution in [3.63, 3.8) is 0 Å². The molecule has 30 heavy (non-hydrogen) atoms. The molecule has 1 aliphatic heterocycles. The molecule has 0 atom stereocenters. The lowest BCUT2D eigenvalue weighted by Gasteiger charge is -2.11. The van der Waals surface area contributed by atoms with E-state index in [1.54, 1.807) is 49.6 Å². The zero-order valence-corrected chi connectivity index (χ0v) is 17.5. The van der Waals surface area contributed by atoms with E-state index in [-0.39, 0.29) is 28.6 Å². The van der Waals surface area contributed by atoms with Gasteiger partial charge in [-0.3, -0.25) is 19.5 Å². The quantitative estimate of drug-likeness (QED) is 0.562. The van der Waals surface area contributed by atoms with Gasteiger partial charge in [0, 0.05) is 17.6 Å². The molecule has 0 fully saturated rings. The Balaban J connectivity index is 1.46. The van der Waals surface area contributed by atoms with Crippen molar-refractivity contribution < 1.29 is 22.7 Å². The SMILES string of the molecule is COc1cccc(CNS(=O)(=O)c2ccc(CN3C(=O)c4cccnc4C3=O)s2)c1. The van der Waals surface area contributed by atoms with Gasteiger partial charge >= 0.3 is 0 Å². The first-order valence-corrected chi connectivity index (χ1v) is 11.2. The lowest BCUT2D eigenvalue weighted by atomic mass is 10.2. The van der Waals surface area contributed by atoms with Crippen molar-refractivity contribution in [2.24, 2.45) is 0 Å². The number of benzene rings is 1. The number of aromatic nitrogens is 1. The number of nitrogens with one attached hydrogen (secondary N) is 1. The molecule has 0 radical (unpaired) electrons. The maximum atomic E-state index is 12.6. The molecule has 0 aliphatic carbocycles. The average molecular weight is 444 g/mol. The van der Waals surface area contributed by atoms with Crippen molar-refractivity contribution in [1.29, 1.82) is 0 Å². The second-order valence-corrected chi connectivity index (χ2v) is 9.65. The second kappa shape index (κ2) is 7.98. The van der Waals surface area contributed by atoms with Gasteiger partial charge in [-0.25, -0.2) is 13.1 Å².